The molecule has 258 valence electrons. The molecule has 4 fully saturated rings. The number of anilines is 1. The van der Waals surface area contributed by atoms with Crippen molar-refractivity contribution in [2.24, 2.45) is 17.8 Å². The van der Waals surface area contributed by atoms with Gasteiger partial charge in [0.25, 0.3) is 11.8 Å². The van der Waals surface area contributed by atoms with Crippen LogP contribution in [0, 0.1) is 30.5 Å². The Labute approximate surface area is 299 Å². The lowest BCUT2D eigenvalue weighted by molar-refractivity contribution is -0.144. The van der Waals surface area contributed by atoms with Crippen LogP contribution in [-0.4, -0.2) is 67.4 Å². The number of imide groups is 2. The van der Waals surface area contributed by atoms with Crippen molar-refractivity contribution in [1.29, 1.82) is 0 Å². The summed E-state index contributed by atoms with van der Waals surface area (Å²) in [6, 6.07) is 19.8. The molecule has 0 spiro atoms. The maximum absolute atomic E-state index is 14.5. The SMILES string of the molecule is Cc1cc(C2C3=CCC4C(=O)N(C5CCN(Cc6ccccc6)CC5)C(=O)C4C3CC3(Cl)C(=O)N(c4ccc(F)cc4)C(=O)C23Cl)ccc1O. The van der Waals surface area contributed by atoms with Crippen LogP contribution in [0.15, 0.2) is 84.4 Å². The van der Waals surface area contributed by atoms with Crippen LogP contribution in [0.2, 0.25) is 0 Å². The van der Waals surface area contributed by atoms with Crippen LogP contribution >= 0.6 is 23.2 Å². The zero-order valence-electron chi connectivity index (χ0n) is 27.4. The Bertz CT molecular complexity index is 1950. The van der Waals surface area contributed by atoms with Crippen LogP contribution in [0.4, 0.5) is 10.1 Å². The van der Waals surface area contributed by atoms with Gasteiger partial charge in [0.2, 0.25) is 11.8 Å². The van der Waals surface area contributed by atoms with Crippen molar-refractivity contribution in [2.45, 2.75) is 60.9 Å². The Morgan fingerprint density at radius 3 is 2.26 bits per heavy atom. The first-order valence-electron chi connectivity index (χ1n) is 17.1. The molecule has 6 unspecified atom stereocenters. The van der Waals surface area contributed by atoms with Crippen molar-refractivity contribution in [3.05, 3.63) is 107 Å². The summed E-state index contributed by atoms with van der Waals surface area (Å²) in [4.78, 5) is 58.2. The predicted octanol–water partition coefficient (Wildman–Crippen LogP) is 6.07. The monoisotopic (exact) mass is 715 g/mol. The lowest BCUT2D eigenvalue weighted by Gasteiger charge is -2.50. The second kappa shape index (κ2) is 12.0. The number of rotatable bonds is 5. The summed E-state index contributed by atoms with van der Waals surface area (Å²) in [6.07, 6.45) is 3.38. The van der Waals surface area contributed by atoms with E-state index in [-0.39, 0.29) is 42.1 Å². The number of likely N-dealkylation sites (tertiary alicyclic amines) is 2. The zero-order chi connectivity index (χ0) is 35.1. The van der Waals surface area contributed by atoms with Crippen molar-refractivity contribution in [3.63, 3.8) is 0 Å². The number of aryl methyl sites for hydroxylation is 1. The van der Waals surface area contributed by atoms with Gasteiger partial charge in [-0.15, -0.1) is 23.2 Å². The summed E-state index contributed by atoms with van der Waals surface area (Å²) < 4.78 is 13.9. The Morgan fingerprint density at radius 1 is 0.880 bits per heavy atom. The molecule has 0 aromatic heterocycles. The Kier molecular flexibility index (Phi) is 7.97. The second-order valence-corrected chi connectivity index (χ2v) is 15.6. The van der Waals surface area contributed by atoms with Gasteiger partial charge in [0.15, 0.2) is 9.75 Å². The Hall–Kier alpha value is -4.05. The third kappa shape index (κ3) is 4.80. The minimum absolute atomic E-state index is 0.0448. The fraction of sp³-hybridized carbons (Fsp3) is 0.385. The first-order chi connectivity index (χ1) is 23.9. The summed E-state index contributed by atoms with van der Waals surface area (Å²) in [5, 5.41) is 10.4. The number of benzene rings is 3. The molecule has 0 bridgehead atoms. The van der Waals surface area contributed by atoms with Gasteiger partial charge in [0.05, 0.1) is 17.5 Å². The highest BCUT2D eigenvalue weighted by molar-refractivity contribution is 6.58. The van der Waals surface area contributed by atoms with Crippen LogP contribution < -0.4 is 4.90 Å². The average Bonchev–Trinajstić information content (AvgIpc) is 3.45. The van der Waals surface area contributed by atoms with E-state index in [4.69, 9.17) is 23.2 Å². The van der Waals surface area contributed by atoms with Crippen LogP contribution in [0.1, 0.15) is 48.3 Å². The van der Waals surface area contributed by atoms with Gasteiger partial charge in [-0.05, 0) is 85.5 Å². The fourth-order valence-corrected chi connectivity index (χ4v) is 10.1. The number of alkyl halides is 2. The number of phenols is 1. The fourth-order valence-electron chi connectivity index (χ4n) is 9.19. The number of phenolic OH excluding ortho intramolecular Hbond substituents is 1. The van der Waals surface area contributed by atoms with E-state index in [0.717, 1.165) is 36.7 Å². The largest absolute Gasteiger partial charge is 0.508 e. The zero-order valence-corrected chi connectivity index (χ0v) is 28.9. The van der Waals surface area contributed by atoms with E-state index in [1.807, 2.05) is 24.3 Å². The standard InChI is InChI=1S/C39H36Cl2FN3O5/c1-22-19-24(7-14-31(22)46)33-28-12-13-29-32(35(48)44(34(29)47)27-15-17-43(18-16-27)21-23-5-3-2-4-6-23)30(28)20-38(40)36(49)45(37(50)39(33,38)41)26-10-8-25(42)9-11-26/h2-12,14,19,27,29-30,32-33,46H,13,15-18,20-21H2,1H3. The summed E-state index contributed by atoms with van der Waals surface area (Å²) in [5.41, 5.74) is 3.11. The maximum Gasteiger partial charge on any atom is 0.258 e. The van der Waals surface area contributed by atoms with Gasteiger partial charge < -0.3 is 5.11 Å². The summed E-state index contributed by atoms with van der Waals surface area (Å²) in [6.45, 7) is 4.01. The van der Waals surface area contributed by atoms with Gasteiger partial charge in [0, 0.05) is 31.6 Å². The number of piperidine rings is 1. The highest BCUT2D eigenvalue weighted by Gasteiger charge is 2.76. The van der Waals surface area contributed by atoms with E-state index < -0.39 is 51.1 Å². The van der Waals surface area contributed by atoms with Crippen LogP contribution in [0.3, 0.4) is 0 Å². The molecular formula is C39H36Cl2FN3O5. The number of hydrogen-bond donors (Lipinski definition) is 1. The molecule has 3 saturated heterocycles. The van der Waals surface area contributed by atoms with Crippen LogP contribution in [-0.2, 0) is 25.7 Å². The van der Waals surface area contributed by atoms with Crippen molar-refractivity contribution in [3.8, 4) is 5.75 Å². The van der Waals surface area contributed by atoms with Crippen LogP contribution in [0.25, 0.3) is 0 Å². The quantitative estimate of drug-likeness (QED) is 0.196. The number of hydrogen-bond acceptors (Lipinski definition) is 6. The Balaban J connectivity index is 1.15. The minimum atomic E-state index is -2.02. The van der Waals surface area contributed by atoms with Gasteiger partial charge in [0.1, 0.15) is 11.6 Å². The highest BCUT2D eigenvalue weighted by atomic mass is 35.5. The first-order valence-corrected chi connectivity index (χ1v) is 17.8. The molecule has 1 N–H and O–H groups in total. The molecule has 6 atom stereocenters. The smallest absolute Gasteiger partial charge is 0.258 e. The molecule has 11 heteroatoms. The number of fused-ring (bicyclic) bond motifs is 4. The lowest BCUT2D eigenvalue weighted by atomic mass is 9.56. The Morgan fingerprint density at radius 2 is 1.58 bits per heavy atom. The molecule has 3 heterocycles. The van der Waals surface area contributed by atoms with Gasteiger partial charge in [-0.25, -0.2) is 9.29 Å². The van der Waals surface area contributed by atoms with Gasteiger partial charge in [-0.1, -0.05) is 54.1 Å². The number of amides is 4. The number of carbonyl (C=O) groups is 4. The molecule has 4 amide bonds. The number of allylic oxidation sites excluding steroid dienone is 2. The van der Waals surface area contributed by atoms with E-state index >= 15 is 0 Å². The third-order valence-corrected chi connectivity index (χ3v) is 13.1. The van der Waals surface area contributed by atoms with E-state index in [2.05, 4.69) is 17.0 Å². The number of aromatic hydroxyl groups is 1. The molecule has 0 radical (unpaired) electrons. The van der Waals surface area contributed by atoms with Crippen molar-refractivity contribution >= 4 is 52.5 Å². The van der Waals surface area contributed by atoms with Gasteiger partial charge in [-0.3, -0.25) is 29.0 Å². The topological polar surface area (TPSA) is 98.2 Å². The number of carbonyl (C=O) groups excluding carboxylic acids is 4. The molecule has 2 aliphatic carbocycles. The van der Waals surface area contributed by atoms with Crippen LogP contribution in [0.5, 0.6) is 5.75 Å². The van der Waals surface area contributed by atoms with Crippen molar-refractivity contribution in [2.75, 3.05) is 18.0 Å². The molecule has 1 saturated carbocycles. The van der Waals surface area contributed by atoms with E-state index in [1.54, 1.807) is 19.1 Å². The molecule has 3 aromatic carbocycles. The van der Waals surface area contributed by atoms with E-state index in [0.29, 0.717) is 29.5 Å². The predicted molar refractivity (Wildman–Crippen MR) is 186 cm³/mol. The normalized spacial score (nSPS) is 31.5. The third-order valence-electron chi connectivity index (χ3n) is 11.7. The van der Waals surface area contributed by atoms with Crippen molar-refractivity contribution in [1.82, 2.24) is 9.80 Å². The minimum Gasteiger partial charge on any atom is -0.508 e. The second-order valence-electron chi connectivity index (χ2n) is 14.3. The molecular weight excluding hydrogens is 680 g/mol. The molecule has 8 rings (SSSR count). The molecule has 5 aliphatic rings. The molecule has 3 aromatic rings. The highest BCUT2D eigenvalue weighted by Crippen LogP contribution is 2.66. The number of halogens is 3. The lowest BCUT2D eigenvalue weighted by Crippen LogP contribution is -2.60. The van der Waals surface area contributed by atoms with E-state index in [1.165, 1.54) is 28.7 Å². The maximum atomic E-state index is 14.5. The van der Waals surface area contributed by atoms with Crippen molar-refractivity contribution < 1.29 is 28.7 Å². The summed E-state index contributed by atoms with van der Waals surface area (Å²) >= 11 is 14.9. The summed E-state index contributed by atoms with van der Waals surface area (Å²) in [7, 11) is 0. The van der Waals surface area contributed by atoms with Gasteiger partial charge >= 0.3 is 0 Å². The average molecular weight is 717 g/mol. The molecule has 3 aliphatic heterocycles. The first kappa shape index (κ1) is 33.1. The summed E-state index contributed by atoms with van der Waals surface area (Å²) in [5.74, 6) is -5.48. The molecule has 8 nitrogen and oxygen atoms in total. The molecule has 50 heavy (non-hydrogen) atoms. The van der Waals surface area contributed by atoms with Gasteiger partial charge in [-0.2, -0.15) is 0 Å². The number of nitrogens with zero attached hydrogens (tertiary/aromatic N) is 3. The van der Waals surface area contributed by atoms with E-state index in [9.17, 15) is 28.7 Å².